The van der Waals surface area contributed by atoms with Gasteiger partial charge in [-0.1, -0.05) is 20.8 Å². The first kappa shape index (κ1) is 67.7. The molecular weight excluding hydrogens is 1060 g/mol. The predicted molar refractivity (Wildman–Crippen MR) is 329 cm³/mol. The summed E-state index contributed by atoms with van der Waals surface area (Å²) >= 11 is 0. The first-order valence-corrected chi connectivity index (χ1v) is 32.9. The summed E-state index contributed by atoms with van der Waals surface area (Å²) in [5, 5.41) is 53.3. The van der Waals surface area contributed by atoms with Gasteiger partial charge in [0.25, 0.3) is 0 Å². The number of benzene rings is 3. The van der Waals surface area contributed by atoms with Crippen molar-refractivity contribution in [1.82, 2.24) is 9.80 Å². The molecule has 0 saturated carbocycles. The van der Waals surface area contributed by atoms with Crippen LogP contribution in [0, 0.1) is 23.7 Å². The van der Waals surface area contributed by atoms with Crippen LogP contribution in [0.4, 0.5) is 0 Å². The van der Waals surface area contributed by atoms with Gasteiger partial charge < -0.3 is 43.9 Å². The number of hydrogen-bond acceptors (Lipinski definition) is 15. The molecule has 0 spiro atoms. The maximum absolute atomic E-state index is 14.9. The van der Waals surface area contributed by atoms with E-state index >= 15 is 0 Å². The van der Waals surface area contributed by atoms with Crippen molar-refractivity contribution in [3.63, 3.8) is 0 Å². The fraction of sp³-hybridized carbons (Fsp3) is 0.712. The Morgan fingerprint density at radius 3 is 1.70 bits per heavy atom. The third-order valence-electron chi connectivity index (χ3n) is 19.3. The van der Waals surface area contributed by atoms with E-state index in [0.29, 0.717) is 25.9 Å². The SMILES string of the molecule is CC[C@H]1OC(=O)[C@H](C)[C@@H](C2C[C@@](C)(OC)[C@@H](O)[C@H](C)O2)[C@H](C)[C@@H](O[C@H]2C[C@@H](N(C)C)C[C@@H](C)O2)[C@](C)(O)C[C@@H](C)CN(CCCCCCCC[PH](c2ccc(OC)cc2)(c2ccc(OC)cc2)c2ccc(OC)cc2)[C@H](C)[C@@H](O)[C@]1(C)O. The van der Waals surface area contributed by atoms with Gasteiger partial charge in [-0.15, -0.1) is 0 Å². The number of unbranched alkanes of at least 4 members (excludes halogenated alkanes) is 5. The zero-order valence-corrected chi connectivity index (χ0v) is 53.8. The molecule has 4 N–H and O–H groups in total. The average Bonchev–Trinajstić information content (AvgIpc) is 2.21. The van der Waals surface area contributed by atoms with E-state index < -0.39 is 96.7 Å². The van der Waals surface area contributed by atoms with Crippen molar-refractivity contribution in [1.29, 1.82) is 0 Å². The first-order chi connectivity index (χ1) is 38.8. The number of nitrogens with zero attached hydrogens (tertiary/aromatic N) is 2. The minimum atomic E-state index is -2.57. The van der Waals surface area contributed by atoms with E-state index in [4.69, 9.17) is 37.9 Å². The van der Waals surface area contributed by atoms with E-state index in [1.54, 1.807) is 35.4 Å². The Bertz CT molecular complexity index is 2280. The van der Waals surface area contributed by atoms with Crippen molar-refractivity contribution in [3.05, 3.63) is 72.8 Å². The van der Waals surface area contributed by atoms with Gasteiger partial charge in [0.05, 0.1) is 41.5 Å². The van der Waals surface area contributed by atoms with Gasteiger partial charge in [-0.25, -0.2) is 0 Å². The van der Waals surface area contributed by atoms with Crippen LogP contribution >= 0.6 is 7.26 Å². The quantitative estimate of drug-likeness (QED) is 0.0452. The van der Waals surface area contributed by atoms with E-state index in [0.717, 1.165) is 68.4 Å². The van der Waals surface area contributed by atoms with Crippen molar-refractivity contribution in [2.75, 3.05) is 61.8 Å². The molecule has 0 bridgehead atoms. The van der Waals surface area contributed by atoms with Crippen LogP contribution in [-0.2, 0) is 28.5 Å². The molecule has 17 atom stereocenters. The topological polar surface area (TPSA) is 178 Å². The number of aliphatic hydroxyl groups is 4. The fourth-order valence-electron chi connectivity index (χ4n) is 14.4. The molecule has 0 aromatic heterocycles. The van der Waals surface area contributed by atoms with Crippen LogP contribution in [0.3, 0.4) is 0 Å². The monoisotopic (exact) mass is 1170 g/mol. The molecule has 1 unspecified atom stereocenters. The minimum absolute atomic E-state index is 0.0922. The second kappa shape index (κ2) is 29.8. The molecule has 6 rings (SSSR count). The molecule has 16 heteroatoms. The molecule has 15 nitrogen and oxygen atoms in total. The van der Waals surface area contributed by atoms with Gasteiger partial charge in [0.1, 0.15) is 12.2 Å². The summed E-state index contributed by atoms with van der Waals surface area (Å²) in [6, 6.07) is 25.5. The molecule has 0 radical (unpaired) electrons. The van der Waals surface area contributed by atoms with E-state index in [1.807, 2.05) is 48.5 Å². The number of cyclic esters (lactones) is 1. The van der Waals surface area contributed by atoms with Crippen LogP contribution in [0.2, 0.25) is 0 Å². The van der Waals surface area contributed by atoms with Gasteiger partial charge in [0, 0.05) is 31.9 Å². The van der Waals surface area contributed by atoms with Crippen LogP contribution in [0.5, 0.6) is 17.2 Å². The molecule has 3 aliphatic heterocycles. The molecule has 82 heavy (non-hydrogen) atoms. The summed E-state index contributed by atoms with van der Waals surface area (Å²) in [4.78, 5) is 19.3. The molecule has 464 valence electrons. The molecular formula is C66H107N2O13P. The summed E-state index contributed by atoms with van der Waals surface area (Å²) in [6.45, 7) is 20.1. The number of carbonyl (C=O) groups is 1. The smallest absolute Gasteiger partial charge is 0.384 e. The third kappa shape index (κ3) is 15.9. The fourth-order valence-corrected chi connectivity index (χ4v) is 19.2. The predicted octanol–water partition coefficient (Wildman–Crippen LogP) is 8.67. The minimum Gasteiger partial charge on any atom is -0.384 e. The van der Waals surface area contributed by atoms with E-state index in [2.05, 4.69) is 111 Å². The second-order valence-corrected chi connectivity index (χ2v) is 29.7. The first-order valence-electron chi connectivity index (χ1n) is 30.7. The van der Waals surface area contributed by atoms with E-state index in [9.17, 15) is 25.2 Å². The Balaban J connectivity index is 1.25. The Hall–Kier alpha value is -3.44. The normalized spacial score (nSPS) is 35.1. The number of methoxy groups -OCH3 is 4. The van der Waals surface area contributed by atoms with E-state index in [1.165, 1.54) is 15.9 Å². The number of hydrogen-bond donors (Lipinski definition) is 4. The summed E-state index contributed by atoms with van der Waals surface area (Å²) in [7, 11) is 8.24. The summed E-state index contributed by atoms with van der Waals surface area (Å²) in [5.41, 5.74) is -4.28. The zero-order valence-electron chi connectivity index (χ0n) is 52.8. The Kier molecular flexibility index (Phi) is 24.6. The van der Waals surface area contributed by atoms with Gasteiger partial charge in [-0.05, 0) is 67.5 Å². The number of rotatable bonds is 21. The Labute approximate surface area is 493 Å². The average molecular weight is 1170 g/mol. The van der Waals surface area contributed by atoms with Crippen molar-refractivity contribution in [2.45, 2.75) is 218 Å². The number of esters is 1. The molecule has 3 aromatic carbocycles. The third-order valence-corrected chi connectivity index (χ3v) is 24.4. The molecule has 0 aliphatic carbocycles. The number of carbonyl (C=O) groups excluding carboxylic acids is 1. The van der Waals surface area contributed by atoms with E-state index in [-0.39, 0.29) is 30.9 Å². The number of ether oxygens (including phenoxy) is 8. The van der Waals surface area contributed by atoms with Crippen molar-refractivity contribution in [2.24, 2.45) is 23.7 Å². The summed E-state index contributed by atoms with van der Waals surface area (Å²) in [5.74, 6) is -0.198. The van der Waals surface area contributed by atoms with Crippen molar-refractivity contribution < 1.29 is 63.1 Å². The van der Waals surface area contributed by atoms with Crippen LogP contribution in [-0.4, -0.2) is 176 Å². The van der Waals surface area contributed by atoms with Crippen LogP contribution in [0.1, 0.15) is 140 Å². The van der Waals surface area contributed by atoms with Crippen molar-refractivity contribution in [3.8, 4) is 17.2 Å². The maximum atomic E-state index is 14.9. The number of aliphatic hydroxyl groups excluding tert-OH is 2. The molecule has 3 saturated heterocycles. The molecule has 3 aliphatic rings. The van der Waals surface area contributed by atoms with Gasteiger partial charge in [-0.3, -0.25) is 4.79 Å². The molecule has 3 fully saturated rings. The van der Waals surface area contributed by atoms with Crippen LogP contribution in [0.25, 0.3) is 0 Å². The standard InChI is InChI=1S/C66H107N2O13P/c1-17-57-66(10,73)60(69)47(6)68(36-22-20-18-19-21-23-37-82(53-30-24-50(74-13)25-31-53,54-32-26-51(75-14)27-33-54)55-34-28-52(76-15)29-35-55)42-43(2)40-64(8,72)62(81-58-39-49(67(11)12)38-44(3)78-58)45(4)59(46(5)63(71)80-57)56-41-65(9,77-16)61(70)48(7)79-56/h24-35,43-49,56-62,69-70,72-73,82H,17-23,36-42H2,1-16H3/t43-,44-,45+,46-,47-,48+,49+,56?,57-,58+,59+,60-,61+,62-,64-,65-,66-/m1/s1. The van der Waals surface area contributed by atoms with Gasteiger partial charge in [0.2, 0.25) is 0 Å². The Morgan fingerprint density at radius 2 is 1.21 bits per heavy atom. The summed E-state index contributed by atoms with van der Waals surface area (Å²) < 4.78 is 49.6. The molecule has 3 heterocycles. The second-order valence-electron chi connectivity index (χ2n) is 25.7. The van der Waals surface area contributed by atoms with Gasteiger partial charge in [-0.2, -0.15) is 0 Å². The Morgan fingerprint density at radius 1 is 0.695 bits per heavy atom. The summed E-state index contributed by atoms with van der Waals surface area (Å²) in [6.07, 6.45) is 3.16. The zero-order chi connectivity index (χ0) is 60.3. The molecule has 0 amide bonds. The van der Waals surface area contributed by atoms with Gasteiger partial charge >= 0.3 is 266 Å². The van der Waals surface area contributed by atoms with Crippen molar-refractivity contribution >= 4 is 29.1 Å². The molecule has 3 aromatic rings. The van der Waals surface area contributed by atoms with Crippen LogP contribution < -0.4 is 30.1 Å². The van der Waals surface area contributed by atoms with Crippen LogP contribution in [0.15, 0.2) is 72.8 Å². The van der Waals surface area contributed by atoms with Gasteiger partial charge in [0.15, 0.2) is 6.29 Å².